The van der Waals surface area contributed by atoms with Crippen molar-refractivity contribution in [1.29, 1.82) is 0 Å². The summed E-state index contributed by atoms with van der Waals surface area (Å²) in [6.07, 6.45) is 4.08. The first-order valence-corrected chi connectivity index (χ1v) is 9.01. The summed E-state index contributed by atoms with van der Waals surface area (Å²) < 4.78 is 10.9. The summed E-state index contributed by atoms with van der Waals surface area (Å²) in [5, 5.41) is 4.65. The van der Waals surface area contributed by atoms with Gasteiger partial charge in [-0.25, -0.2) is 0 Å². The van der Waals surface area contributed by atoms with Gasteiger partial charge in [0.1, 0.15) is 0 Å². The first-order valence-electron chi connectivity index (χ1n) is 8.63. The minimum Gasteiger partial charge on any atom is -0.377 e. The van der Waals surface area contributed by atoms with Gasteiger partial charge in [0, 0.05) is 30.0 Å². The molecule has 4 rings (SSSR count). The first-order chi connectivity index (χ1) is 12.2. The zero-order valence-corrected chi connectivity index (χ0v) is 14.7. The molecule has 132 valence electrons. The van der Waals surface area contributed by atoms with E-state index in [9.17, 15) is 4.79 Å². The normalized spacial score (nSPS) is 19.0. The monoisotopic (exact) mass is 361 g/mol. The molecular weight excluding hydrogens is 342 g/mol. The largest absolute Gasteiger partial charge is 0.377 e. The van der Waals surface area contributed by atoms with E-state index in [0.29, 0.717) is 49.3 Å². The molecule has 6 nitrogen and oxygen atoms in total. The van der Waals surface area contributed by atoms with Crippen LogP contribution in [0.3, 0.4) is 0 Å². The van der Waals surface area contributed by atoms with Crippen LogP contribution in [0, 0.1) is 0 Å². The number of amides is 1. The highest BCUT2D eigenvalue weighted by Gasteiger charge is 2.46. The Kier molecular flexibility index (Phi) is 4.48. The molecule has 0 N–H and O–H groups in total. The topological polar surface area (TPSA) is 68.5 Å². The molecule has 25 heavy (non-hydrogen) atoms. The van der Waals surface area contributed by atoms with Gasteiger partial charge in [-0.1, -0.05) is 16.8 Å². The summed E-state index contributed by atoms with van der Waals surface area (Å²) in [7, 11) is 0. The first kappa shape index (κ1) is 16.5. The molecule has 1 aliphatic carbocycles. The second-order valence-corrected chi connectivity index (χ2v) is 7.13. The zero-order valence-electron chi connectivity index (χ0n) is 13.9. The van der Waals surface area contributed by atoms with Gasteiger partial charge in [0.05, 0.1) is 18.8 Å². The molecule has 2 heterocycles. The van der Waals surface area contributed by atoms with Crippen LogP contribution in [-0.4, -0.2) is 46.2 Å². The number of halogens is 1. The molecule has 1 aliphatic heterocycles. The zero-order chi connectivity index (χ0) is 17.3. The molecule has 2 aliphatic rings. The van der Waals surface area contributed by atoms with Crippen molar-refractivity contribution in [2.24, 2.45) is 0 Å². The third kappa shape index (κ3) is 3.28. The van der Waals surface area contributed by atoms with E-state index in [1.54, 1.807) is 12.1 Å². The van der Waals surface area contributed by atoms with Gasteiger partial charge in [-0.05, 0) is 43.5 Å². The number of hydrogen-bond donors (Lipinski definition) is 0. The predicted molar refractivity (Wildman–Crippen MR) is 92.2 cm³/mol. The fraction of sp³-hybridized carbons (Fsp3) is 0.500. The molecule has 0 atom stereocenters. The van der Waals surface area contributed by atoms with Crippen LogP contribution in [0.2, 0.25) is 5.02 Å². The molecule has 1 amide bonds. The Labute approximate surface area is 151 Å². The standard InChI is InChI=1S/C18H20ClN3O3/c19-14-4-2-13(3-5-14)17-20-15(25-21-17)6-7-16(23)22-10-11-24-12-18(22)8-1-9-18/h2-5H,1,6-12H2. The van der Waals surface area contributed by atoms with E-state index in [2.05, 4.69) is 10.1 Å². The van der Waals surface area contributed by atoms with Crippen molar-refractivity contribution in [1.82, 2.24) is 15.0 Å². The van der Waals surface area contributed by atoms with Crippen LogP contribution in [0.4, 0.5) is 0 Å². The van der Waals surface area contributed by atoms with Crippen LogP contribution in [0.25, 0.3) is 11.4 Å². The molecule has 1 spiro atoms. The molecule has 0 bridgehead atoms. The molecule has 7 heteroatoms. The van der Waals surface area contributed by atoms with Gasteiger partial charge < -0.3 is 14.2 Å². The van der Waals surface area contributed by atoms with Crippen LogP contribution in [0.5, 0.6) is 0 Å². The van der Waals surface area contributed by atoms with Crippen molar-refractivity contribution < 1.29 is 14.1 Å². The highest BCUT2D eigenvalue weighted by molar-refractivity contribution is 6.30. The summed E-state index contributed by atoms with van der Waals surface area (Å²) in [4.78, 5) is 19.1. The van der Waals surface area contributed by atoms with E-state index in [0.717, 1.165) is 18.4 Å². The van der Waals surface area contributed by atoms with Crippen molar-refractivity contribution in [2.75, 3.05) is 19.8 Å². The number of nitrogens with zero attached hydrogens (tertiary/aromatic N) is 3. The van der Waals surface area contributed by atoms with E-state index >= 15 is 0 Å². The Morgan fingerprint density at radius 1 is 1.28 bits per heavy atom. The second kappa shape index (κ2) is 6.77. The van der Waals surface area contributed by atoms with Crippen molar-refractivity contribution in [3.63, 3.8) is 0 Å². The number of aryl methyl sites for hydroxylation is 1. The number of benzene rings is 1. The maximum absolute atomic E-state index is 12.7. The number of carbonyl (C=O) groups excluding carboxylic acids is 1. The summed E-state index contributed by atoms with van der Waals surface area (Å²) >= 11 is 5.89. The highest BCUT2D eigenvalue weighted by Crippen LogP contribution is 2.40. The lowest BCUT2D eigenvalue weighted by atomic mass is 9.75. The highest BCUT2D eigenvalue weighted by atomic mass is 35.5. The minimum atomic E-state index is -0.0569. The lowest BCUT2D eigenvalue weighted by molar-refractivity contribution is -0.158. The Bertz CT molecular complexity index is 755. The number of rotatable bonds is 4. The van der Waals surface area contributed by atoms with Crippen molar-refractivity contribution in [3.05, 3.63) is 35.2 Å². The van der Waals surface area contributed by atoms with Crippen molar-refractivity contribution in [2.45, 2.75) is 37.6 Å². The van der Waals surface area contributed by atoms with E-state index in [4.69, 9.17) is 20.9 Å². The number of carbonyl (C=O) groups is 1. The maximum Gasteiger partial charge on any atom is 0.227 e. The van der Waals surface area contributed by atoms with Gasteiger partial charge in [0.15, 0.2) is 0 Å². The molecule has 2 aromatic rings. The van der Waals surface area contributed by atoms with Gasteiger partial charge in [-0.15, -0.1) is 0 Å². The Morgan fingerprint density at radius 2 is 2.08 bits per heavy atom. The number of aromatic nitrogens is 2. The molecule has 2 fully saturated rings. The van der Waals surface area contributed by atoms with E-state index in [1.807, 2.05) is 17.0 Å². The minimum absolute atomic E-state index is 0.0569. The molecule has 0 unspecified atom stereocenters. The fourth-order valence-electron chi connectivity index (χ4n) is 3.54. The lowest BCUT2D eigenvalue weighted by Crippen LogP contribution is -2.62. The molecule has 1 aromatic heterocycles. The van der Waals surface area contributed by atoms with Gasteiger partial charge >= 0.3 is 0 Å². The van der Waals surface area contributed by atoms with Crippen LogP contribution >= 0.6 is 11.6 Å². The third-order valence-corrected chi connectivity index (χ3v) is 5.36. The van der Waals surface area contributed by atoms with E-state index < -0.39 is 0 Å². The quantitative estimate of drug-likeness (QED) is 0.837. The fourth-order valence-corrected chi connectivity index (χ4v) is 3.67. The predicted octanol–water partition coefficient (Wildman–Crippen LogP) is 3.10. The molecule has 0 radical (unpaired) electrons. The Hall–Kier alpha value is -1.92. The summed E-state index contributed by atoms with van der Waals surface area (Å²) in [5.41, 5.74) is 0.783. The van der Waals surface area contributed by atoms with Gasteiger partial charge in [-0.3, -0.25) is 4.79 Å². The van der Waals surface area contributed by atoms with Crippen LogP contribution in [0.1, 0.15) is 31.6 Å². The van der Waals surface area contributed by atoms with Crippen LogP contribution < -0.4 is 0 Å². The Balaban J connectivity index is 1.38. The van der Waals surface area contributed by atoms with Crippen LogP contribution in [0.15, 0.2) is 28.8 Å². The molecular formula is C18H20ClN3O3. The van der Waals surface area contributed by atoms with Gasteiger partial charge in [0.2, 0.25) is 17.6 Å². The summed E-state index contributed by atoms with van der Waals surface area (Å²) in [5.74, 6) is 1.14. The van der Waals surface area contributed by atoms with Gasteiger partial charge in [0.25, 0.3) is 0 Å². The average molecular weight is 362 g/mol. The summed E-state index contributed by atoms with van der Waals surface area (Å²) in [6, 6.07) is 7.26. The molecule has 1 aromatic carbocycles. The summed E-state index contributed by atoms with van der Waals surface area (Å²) in [6.45, 7) is 1.97. The van der Waals surface area contributed by atoms with Crippen molar-refractivity contribution in [3.8, 4) is 11.4 Å². The maximum atomic E-state index is 12.7. The molecule has 1 saturated carbocycles. The van der Waals surface area contributed by atoms with Crippen molar-refractivity contribution >= 4 is 17.5 Å². The van der Waals surface area contributed by atoms with E-state index in [1.165, 1.54) is 6.42 Å². The number of hydrogen-bond acceptors (Lipinski definition) is 5. The lowest BCUT2D eigenvalue weighted by Gasteiger charge is -2.52. The smallest absolute Gasteiger partial charge is 0.227 e. The van der Waals surface area contributed by atoms with Gasteiger partial charge in [-0.2, -0.15) is 4.98 Å². The third-order valence-electron chi connectivity index (χ3n) is 5.11. The SMILES string of the molecule is O=C(CCc1nc(-c2ccc(Cl)cc2)no1)N1CCOCC12CCC2. The number of ether oxygens (including phenoxy) is 1. The van der Waals surface area contributed by atoms with Crippen LogP contribution in [-0.2, 0) is 16.0 Å². The molecule has 1 saturated heterocycles. The van der Waals surface area contributed by atoms with E-state index in [-0.39, 0.29) is 11.4 Å². The number of morpholine rings is 1. The Morgan fingerprint density at radius 3 is 2.80 bits per heavy atom. The average Bonchev–Trinajstić information content (AvgIpc) is 3.08. The second-order valence-electron chi connectivity index (χ2n) is 6.69.